The molecule has 0 aliphatic heterocycles. The minimum atomic E-state index is -0.414. The Balaban J connectivity index is 1.97. The van der Waals surface area contributed by atoms with Crippen molar-refractivity contribution >= 4 is 0 Å². The predicted octanol–water partition coefficient (Wildman–Crippen LogP) is 2.25. The maximum atomic E-state index is 13.7. The van der Waals surface area contributed by atoms with Crippen LogP contribution in [0.1, 0.15) is 31.2 Å². The summed E-state index contributed by atoms with van der Waals surface area (Å²) in [5.74, 6) is 0.237. The molecular formula is C12H17FN2O. The monoisotopic (exact) mass is 224 g/mol. The molecule has 0 radical (unpaired) electrons. The molecule has 0 unspecified atom stereocenters. The maximum absolute atomic E-state index is 13.7. The van der Waals surface area contributed by atoms with Gasteiger partial charge in [0, 0.05) is 18.3 Å². The van der Waals surface area contributed by atoms with Crippen LogP contribution in [0.15, 0.2) is 12.3 Å². The minimum Gasteiger partial charge on any atom is -0.475 e. The van der Waals surface area contributed by atoms with Crippen LogP contribution < -0.4 is 10.5 Å². The molecule has 0 aromatic carbocycles. The van der Waals surface area contributed by atoms with E-state index in [1.165, 1.54) is 31.9 Å². The molecule has 1 aliphatic rings. The third-order valence-corrected chi connectivity index (χ3v) is 3.09. The highest BCUT2D eigenvalue weighted by Gasteiger charge is 2.17. The van der Waals surface area contributed by atoms with Crippen molar-refractivity contribution in [2.45, 2.75) is 32.2 Å². The molecule has 2 rings (SSSR count). The lowest BCUT2D eigenvalue weighted by Gasteiger charge is -2.11. The second-order valence-electron chi connectivity index (χ2n) is 4.25. The lowest BCUT2D eigenvalue weighted by atomic mass is 10.1. The number of aromatic nitrogens is 1. The van der Waals surface area contributed by atoms with E-state index in [-0.39, 0.29) is 12.4 Å². The summed E-state index contributed by atoms with van der Waals surface area (Å²) in [4.78, 5) is 3.90. The third kappa shape index (κ3) is 2.50. The molecule has 1 saturated carbocycles. The van der Waals surface area contributed by atoms with Gasteiger partial charge in [0.2, 0.25) is 0 Å². The van der Waals surface area contributed by atoms with Crippen LogP contribution in [-0.4, -0.2) is 11.6 Å². The fourth-order valence-electron chi connectivity index (χ4n) is 2.09. The van der Waals surface area contributed by atoms with Gasteiger partial charge < -0.3 is 10.5 Å². The number of hydrogen-bond acceptors (Lipinski definition) is 3. The number of halogens is 1. The van der Waals surface area contributed by atoms with Crippen molar-refractivity contribution < 1.29 is 9.13 Å². The van der Waals surface area contributed by atoms with Crippen LogP contribution in [0.2, 0.25) is 0 Å². The van der Waals surface area contributed by atoms with Gasteiger partial charge in [0.15, 0.2) is 5.82 Å². The van der Waals surface area contributed by atoms with Gasteiger partial charge in [-0.1, -0.05) is 12.8 Å². The standard InChI is InChI=1S/C12H17FN2O/c13-11-10(7-14)5-6-15-12(11)16-8-9-3-1-2-4-9/h5-6,9H,1-4,7-8,14H2. The molecule has 0 atom stereocenters. The van der Waals surface area contributed by atoms with Crippen LogP contribution in [0.3, 0.4) is 0 Å². The first-order chi connectivity index (χ1) is 7.81. The molecule has 88 valence electrons. The summed E-state index contributed by atoms with van der Waals surface area (Å²) >= 11 is 0. The van der Waals surface area contributed by atoms with Crippen molar-refractivity contribution in [3.8, 4) is 5.88 Å². The number of pyridine rings is 1. The van der Waals surface area contributed by atoms with E-state index >= 15 is 0 Å². The van der Waals surface area contributed by atoms with E-state index in [4.69, 9.17) is 10.5 Å². The first-order valence-corrected chi connectivity index (χ1v) is 5.77. The van der Waals surface area contributed by atoms with Gasteiger partial charge in [-0.15, -0.1) is 0 Å². The van der Waals surface area contributed by atoms with Crippen LogP contribution in [0.4, 0.5) is 4.39 Å². The fourth-order valence-corrected chi connectivity index (χ4v) is 2.09. The first-order valence-electron chi connectivity index (χ1n) is 5.77. The summed E-state index contributed by atoms with van der Waals surface area (Å²) in [7, 11) is 0. The second kappa shape index (κ2) is 5.25. The van der Waals surface area contributed by atoms with Crippen LogP contribution in [0, 0.1) is 11.7 Å². The maximum Gasteiger partial charge on any atom is 0.250 e. The van der Waals surface area contributed by atoms with Gasteiger partial charge in [-0.05, 0) is 24.8 Å². The highest BCUT2D eigenvalue weighted by Crippen LogP contribution is 2.26. The van der Waals surface area contributed by atoms with Crippen molar-refractivity contribution in [2.75, 3.05) is 6.61 Å². The lowest BCUT2D eigenvalue weighted by Crippen LogP contribution is -2.11. The smallest absolute Gasteiger partial charge is 0.250 e. The van der Waals surface area contributed by atoms with Crippen LogP contribution in [0.5, 0.6) is 5.88 Å². The van der Waals surface area contributed by atoms with Gasteiger partial charge in [0.25, 0.3) is 5.88 Å². The Kier molecular flexibility index (Phi) is 3.72. The molecule has 1 fully saturated rings. The Morgan fingerprint density at radius 3 is 2.88 bits per heavy atom. The quantitative estimate of drug-likeness (QED) is 0.853. The molecule has 0 saturated heterocycles. The Morgan fingerprint density at radius 1 is 1.44 bits per heavy atom. The number of nitrogens with zero attached hydrogens (tertiary/aromatic N) is 1. The third-order valence-electron chi connectivity index (χ3n) is 3.09. The van der Waals surface area contributed by atoms with Gasteiger partial charge in [-0.2, -0.15) is 0 Å². The second-order valence-corrected chi connectivity index (χ2v) is 4.25. The molecule has 3 nitrogen and oxygen atoms in total. The summed E-state index contributed by atoms with van der Waals surface area (Å²) < 4.78 is 19.1. The number of nitrogens with two attached hydrogens (primary N) is 1. The van der Waals surface area contributed by atoms with Crippen molar-refractivity contribution in [3.63, 3.8) is 0 Å². The molecule has 1 aromatic rings. The first kappa shape index (κ1) is 11.3. The Hall–Kier alpha value is -1.16. The van der Waals surface area contributed by atoms with E-state index in [9.17, 15) is 4.39 Å². The van der Waals surface area contributed by atoms with E-state index in [2.05, 4.69) is 4.98 Å². The molecule has 1 heterocycles. The van der Waals surface area contributed by atoms with E-state index in [1.807, 2.05) is 0 Å². The highest BCUT2D eigenvalue weighted by atomic mass is 19.1. The van der Waals surface area contributed by atoms with Crippen molar-refractivity contribution in [1.29, 1.82) is 0 Å². The van der Waals surface area contributed by atoms with Crippen LogP contribution in [-0.2, 0) is 6.54 Å². The van der Waals surface area contributed by atoms with Gasteiger partial charge in [-0.25, -0.2) is 9.37 Å². The van der Waals surface area contributed by atoms with E-state index in [0.717, 1.165) is 0 Å². The van der Waals surface area contributed by atoms with E-state index in [1.54, 1.807) is 6.07 Å². The van der Waals surface area contributed by atoms with Gasteiger partial charge in [0.05, 0.1) is 6.61 Å². The average Bonchev–Trinajstić information content (AvgIpc) is 2.81. The molecule has 1 aliphatic carbocycles. The summed E-state index contributed by atoms with van der Waals surface area (Å²) in [6, 6.07) is 1.58. The van der Waals surface area contributed by atoms with E-state index < -0.39 is 5.82 Å². The zero-order valence-corrected chi connectivity index (χ0v) is 9.29. The normalized spacial score (nSPS) is 16.6. The zero-order valence-electron chi connectivity index (χ0n) is 9.29. The topological polar surface area (TPSA) is 48.1 Å². The number of rotatable bonds is 4. The van der Waals surface area contributed by atoms with Crippen LogP contribution >= 0.6 is 0 Å². The molecular weight excluding hydrogens is 207 g/mol. The summed E-state index contributed by atoms with van der Waals surface area (Å²) in [5, 5.41) is 0. The van der Waals surface area contributed by atoms with Gasteiger partial charge >= 0.3 is 0 Å². The van der Waals surface area contributed by atoms with Crippen LogP contribution in [0.25, 0.3) is 0 Å². The van der Waals surface area contributed by atoms with Crippen molar-refractivity contribution in [2.24, 2.45) is 11.7 Å². The molecule has 16 heavy (non-hydrogen) atoms. The SMILES string of the molecule is NCc1ccnc(OCC2CCCC2)c1F. The van der Waals surface area contributed by atoms with Crippen molar-refractivity contribution in [1.82, 2.24) is 4.98 Å². The number of ether oxygens (including phenoxy) is 1. The molecule has 0 amide bonds. The zero-order chi connectivity index (χ0) is 11.4. The fraction of sp³-hybridized carbons (Fsp3) is 0.583. The number of hydrogen-bond donors (Lipinski definition) is 1. The molecule has 0 bridgehead atoms. The van der Waals surface area contributed by atoms with Gasteiger partial charge in [-0.3, -0.25) is 0 Å². The lowest BCUT2D eigenvalue weighted by molar-refractivity contribution is 0.232. The molecule has 2 N–H and O–H groups in total. The molecule has 1 aromatic heterocycles. The molecule has 4 heteroatoms. The molecule has 0 spiro atoms. The minimum absolute atomic E-state index is 0.0925. The van der Waals surface area contributed by atoms with Crippen molar-refractivity contribution in [3.05, 3.63) is 23.6 Å². The summed E-state index contributed by atoms with van der Waals surface area (Å²) in [6.45, 7) is 0.742. The summed E-state index contributed by atoms with van der Waals surface area (Å²) in [6.07, 6.45) is 6.41. The summed E-state index contributed by atoms with van der Waals surface area (Å²) in [5.41, 5.74) is 5.87. The highest BCUT2D eigenvalue weighted by molar-refractivity contribution is 5.23. The predicted molar refractivity (Wildman–Crippen MR) is 59.5 cm³/mol. The van der Waals surface area contributed by atoms with E-state index in [0.29, 0.717) is 18.1 Å². The average molecular weight is 224 g/mol. The largest absolute Gasteiger partial charge is 0.475 e. The van der Waals surface area contributed by atoms with Gasteiger partial charge in [0.1, 0.15) is 0 Å². The Labute approximate surface area is 94.8 Å². The Bertz CT molecular complexity index is 351. The Morgan fingerprint density at radius 2 is 2.19 bits per heavy atom.